The van der Waals surface area contributed by atoms with Gasteiger partial charge in [0.05, 0.1) is 6.10 Å². The summed E-state index contributed by atoms with van der Waals surface area (Å²) in [5, 5.41) is 19.1. The summed E-state index contributed by atoms with van der Waals surface area (Å²) in [5.41, 5.74) is 1.74. The van der Waals surface area contributed by atoms with E-state index >= 15 is 0 Å². The van der Waals surface area contributed by atoms with Crippen LogP contribution in [0.5, 0.6) is 0 Å². The third-order valence-corrected chi connectivity index (χ3v) is 3.91. The van der Waals surface area contributed by atoms with Crippen LogP contribution in [0.2, 0.25) is 0 Å². The van der Waals surface area contributed by atoms with Gasteiger partial charge in [0.2, 0.25) is 0 Å². The Labute approximate surface area is 139 Å². The third kappa shape index (κ3) is 4.91. The molecule has 0 saturated heterocycles. The van der Waals surface area contributed by atoms with Crippen molar-refractivity contribution < 1.29 is 14.7 Å². The van der Waals surface area contributed by atoms with Gasteiger partial charge in [-0.25, -0.2) is 0 Å². The van der Waals surface area contributed by atoms with Gasteiger partial charge in [-0.15, -0.1) is 0 Å². The van der Waals surface area contributed by atoms with Gasteiger partial charge >= 0.3 is 0 Å². The highest BCUT2D eigenvalue weighted by atomic mass is 32.1. The van der Waals surface area contributed by atoms with Gasteiger partial charge in [-0.2, -0.15) is 11.3 Å². The summed E-state index contributed by atoms with van der Waals surface area (Å²) in [5.74, 6) is -0.449. The van der Waals surface area contributed by atoms with Crippen molar-refractivity contribution in [3.05, 3.63) is 57.8 Å². The lowest BCUT2D eigenvalue weighted by atomic mass is 10.1. The van der Waals surface area contributed by atoms with Crippen molar-refractivity contribution >= 4 is 23.2 Å². The molecular formula is C17H20N2O3S. The maximum Gasteiger partial charge on any atom is 0.251 e. The van der Waals surface area contributed by atoms with E-state index in [4.69, 9.17) is 0 Å². The van der Waals surface area contributed by atoms with Gasteiger partial charge < -0.3 is 15.7 Å². The normalized spacial score (nSPS) is 12.0. The smallest absolute Gasteiger partial charge is 0.251 e. The first-order valence-corrected chi connectivity index (χ1v) is 8.31. The van der Waals surface area contributed by atoms with Gasteiger partial charge in [0.25, 0.3) is 11.8 Å². The minimum atomic E-state index is -0.721. The maximum absolute atomic E-state index is 12.1. The van der Waals surface area contributed by atoms with Gasteiger partial charge in [0.15, 0.2) is 0 Å². The van der Waals surface area contributed by atoms with E-state index in [1.807, 2.05) is 30.7 Å². The monoisotopic (exact) mass is 332 g/mol. The minimum absolute atomic E-state index is 0.0593. The molecule has 1 atom stereocenters. The van der Waals surface area contributed by atoms with E-state index in [-0.39, 0.29) is 24.4 Å². The highest BCUT2D eigenvalue weighted by Gasteiger charge is 2.12. The molecule has 122 valence electrons. The summed E-state index contributed by atoms with van der Waals surface area (Å²) in [6.45, 7) is 3.92. The zero-order chi connectivity index (χ0) is 16.8. The molecule has 0 saturated carbocycles. The predicted molar refractivity (Wildman–Crippen MR) is 90.7 cm³/mol. The van der Waals surface area contributed by atoms with Crippen LogP contribution >= 0.6 is 11.3 Å². The van der Waals surface area contributed by atoms with Crippen LogP contribution in [0, 0.1) is 0 Å². The highest BCUT2D eigenvalue weighted by Crippen LogP contribution is 2.15. The molecular weight excluding hydrogens is 312 g/mol. The Hall–Kier alpha value is -2.18. The number of aliphatic hydroxyl groups is 1. The van der Waals surface area contributed by atoms with E-state index in [1.165, 1.54) is 11.3 Å². The van der Waals surface area contributed by atoms with Crippen LogP contribution in [-0.4, -0.2) is 29.5 Å². The molecule has 2 amide bonds. The van der Waals surface area contributed by atoms with Gasteiger partial charge in [0.1, 0.15) is 0 Å². The van der Waals surface area contributed by atoms with Gasteiger partial charge in [-0.3, -0.25) is 9.59 Å². The summed E-state index contributed by atoms with van der Waals surface area (Å²) in [6, 6.07) is 8.31. The summed E-state index contributed by atoms with van der Waals surface area (Å²) in [7, 11) is 0. The van der Waals surface area contributed by atoms with E-state index in [1.54, 1.807) is 24.3 Å². The molecule has 0 aliphatic heterocycles. The summed E-state index contributed by atoms with van der Waals surface area (Å²) in [4.78, 5) is 23.9. The second kappa shape index (κ2) is 7.89. The standard InChI is InChI=1S/C17H20N2O3S/c1-11(2)19-17(22)13-5-3-12(4-6-13)16(21)18-9-15(20)14-7-8-23-10-14/h3-8,10-11,15,20H,9H2,1-2H3,(H,18,21)(H,19,22). The van der Waals surface area contributed by atoms with E-state index < -0.39 is 6.10 Å². The molecule has 6 heteroatoms. The Balaban J connectivity index is 1.91. The van der Waals surface area contributed by atoms with Crippen LogP contribution in [0.3, 0.4) is 0 Å². The SMILES string of the molecule is CC(C)NC(=O)c1ccc(C(=O)NCC(O)c2ccsc2)cc1. The number of aliphatic hydroxyl groups excluding tert-OH is 1. The lowest BCUT2D eigenvalue weighted by Crippen LogP contribution is -2.30. The molecule has 0 aliphatic rings. The van der Waals surface area contributed by atoms with Gasteiger partial charge in [-0.1, -0.05) is 0 Å². The number of carbonyl (C=O) groups excluding carboxylic acids is 2. The zero-order valence-corrected chi connectivity index (χ0v) is 13.9. The summed E-state index contributed by atoms with van der Waals surface area (Å²) >= 11 is 1.50. The number of hydrogen-bond donors (Lipinski definition) is 3. The second-order valence-electron chi connectivity index (χ2n) is 5.49. The van der Waals surface area contributed by atoms with E-state index in [2.05, 4.69) is 10.6 Å². The first-order chi connectivity index (χ1) is 11.0. The van der Waals surface area contributed by atoms with Crippen LogP contribution < -0.4 is 10.6 Å². The maximum atomic E-state index is 12.1. The summed E-state index contributed by atoms with van der Waals surface area (Å²) in [6.07, 6.45) is -0.721. The molecule has 23 heavy (non-hydrogen) atoms. The summed E-state index contributed by atoms with van der Waals surface area (Å²) < 4.78 is 0. The van der Waals surface area contributed by atoms with E-state index in [9.17, 15) is 14.7 Å². The van der Waals surface area contributed by atoms with Crippen molar-refractivity contribution in [3.63, 3.8) is 0 Å². The van der Waals surface area contributed by atoms with Crippen molar-refractivity contribution in [3.8, 4) is 0 Å². The van der Waals surface area contributed by atoms with E-state index in [0.717, 1.165) is 5.56 Å². The molecule has 1 heterocycles. The fraction of sp³-hybridized carbons (Fsp3) is 0.294. The molecule has 0 aliphatic carbocycles. The largest absolute Gasteiger partial charge is 0.387 e. The Kier molecular flexibility index (Phi) is 5.90. The molecule has 0 fully saturated rings. The average Bonchev–Trinajstić information content (AvgIpc) is 3.06. The third-order valence-electron chi connectivity index (χ3n) is 3.21. The number of thiophene rings is 1. The number of nitrogens with one attached hydrogen (secondary N) is 2. The Morgan fingerprint density at radius 1 is 1.09 bits per heavy atom. The molecule has 2 aromatic rings. The molecule has 5 nitrogen and oxygen atoms in total. The fourth-order valence-corrected chi connectivity index (χ4v) is 2.70. The minimum Gasteiger partial charge on any atom is -0.387 e. The van der Waals surface area contributed by atoms with Crippen molar-refractivity contribution in [2.24, 2.45) is 0 Å². The number of benzene rings is 1. The molecule has 2 rings (SSSR count). The predicted octanol–water partition coefficient (Wildman–Crippen LogP) is 2.35. The zero-order valence-electron chi connectivity index (χ0n) is 13.1. The number of carbonyl (C=O) groups is 2. The Bertz CT molecular complexity index is 651. The molecule has 3 N–H and O–H groups in total. The number of hydrogen-bond acceptors (Lipinski definition) is 4. The number of rotatable bonds is 6. The van der Waals surface area contributed by atoms with Gasteiger partial charge in [0, 0.05) is 23.7 Å². The van der Waals surface area contributed by atoms with Crippen LogP contribution in [0.15, 0.2) is 41.1 Å². The number of amides is 2. The Morgan fingerprint density at radius 2 is 1.70 bits per heavy atom. The first kappa shape index (κ1) is 17.2. The van der Waals surface area contributed by atoms with Crippen LogP contribution in [0.25, 0.3) is 0 Å². The molecule has 1 unspecified atom stereocenters. The van der Waals surface area contributed by atoms with Crippen LogP contribution in [-0.2, 0) is 0 Å². The second-order valence-corrected chi connectivity index (χ2v) is 6.27. The lowest BCUT2D eigenvalue weighted by Gasteiger charge is -2.11. The molecule has 1 aromatic heterocycles. The topological polar surface area (TPSA) is 78.4 Å². The van der Waals surface area contributed by atoms with Crippen LogP contribution in [0.4, 0.5) is 0 Å². The first-order valence-electron chi connectivity index (χ1n) is 7.36. The van der Waals surface area contributed by atoms with Gasteiger partial charge in [-0.05, 0) is 60.5 Å². The fourth-order valence-electron chi connectivity index (χ4n) is 1.99. The van der Waals surface area contributed by atoms with Crippen molar-refractivity contribution in [2.75, 3.05) is 6.54 Å². The lowest BCUT2D eigenvalue weighted by molar-refractivity contribution is 0.0912. The highest BCUT2D eigenvalue weighted by molar-refractivity contribution is 7.07. The van der Waals surface area contributed by atoms with E-state index in [0.29, 0.717) is 11.1 Å². The van der Waals surface area contributed by atoms with Crippen LogP contribution in [0.1, 0.15) is 46.2 Å². The molecule has 0 bridgehead atoms. The quantitative estimate of drug-likeness (QED) is 0.760. The van der Waals surface area contributed by atoms with Crippen molar-refractivity contribution in [1.82, 2.24) is 10.6 Å². The molecule has 0 spiro atoms. The molecule has 1 aromatic carbocycles. The molecule has 0 radical (unpaired) electrons. The Morgan fingerprint density at radius 3 is 2.22 bits per heavy atom. The average molecular weight is 332 g/mol. The van der Waals surface area contributed by atoms with Crippen molar-refractivity contribution in [2.45, 2.75) is 26.0 Å². The van der Waals surface area contributed by atoms with Crippen molar-refractivity contribution in [1.29, 1.82) is 0 Å².